The molecule has 4 nitrogen and oxygen atoms in total. The summed E-state index contributed by atoms with van der Waals surface area (Å²) in [5, 5.41) is 3.79. The maximum absolute atomic E-state index is 12.5. The Morgan fingerprint density at radius 2 is 2.17 bits per heavy atom. The van der Waals surface area contributed by atoms with E-state index in [0.717, 1.165) is 0 Å². The van der Waals surface area contributed by atoms with Crippen LogP contribution < -0.4 is 5.32 Å². The summed E-state index contributed by atoms with van der Waals surface area (Å²) in [7, 11) is -3.41. The lowest BCUT2D eigenvalue weighted by Crippen LogP contribution is -2.51. The molecule has 0 aromatic heterocycles. The summed E-state index contributed by atoms with van der Waals surface area (Å²) in [5.41, 5.74) is 0.689. The minimum absolute atomic E-state index is 0.182. The van der Waals surface area contributed by atoms with Gasteiger partial charge in [-0.3, -0.25) is 0 Å². The highest BCUT2D eigenvalue weighted by molar-refractivity contribution is 7.89. The quantitative estimate of drug-likeness (QED) is 0.900. The lowest BCUT2D eigenvalue weighted by atomic mass is 10.2. The van der Waals surface area contributed by atoms with Crippen LogP contribution >= 0.6 is 11.6 Å². The van der Waals surface area contributed by atoms with Gasteiger partial charge in [0.15, 0.2) is 0 Å². The van der Waals surface area contributed by atoms with Crippen molar-refractivity contribution in [2.24, 2.45) is 0 Å². The first-order valence-corrected chi connectivity index (χ1v) is 7.73. The van der Waals surface area contributed by atoms with E-state index in [1.54, 1.807) is 25.1 Å². The van der Waals surface area contributed by atoms with Crippen molar-refractivity contribution in [1.29, 1.82) is 0 Å². The van der Waals surface area contributed by atoms with Gasteiger partial charge in [0.05, 0.1) is 4.90 Å². The number of nitrogens with zero attached hydrogens (tertiary/aromatic N) is 1. The maximum Gasteiger partial charge on any atom is 0.243 e. The van der Waals surface area contributed by atoms with Gasteiger partial charge in [-0.25, -0.2) is 8.42 Å². The molecule has 0 radical (unpaired) electrons. The number of benzene rings is 1. The summed E-state index contributed by atoms with van der Waals surface area (Å²) >= 11 is 5.86. The number of aryl methyl sites for hydroxylation is 1. The lowest BCUT2D eigenvalue weighted by Gasteiger charge is -2.31. The van der Waals surface area contributed by atoms with E-state index in [4.69, 9.17) is 11.6 Å². The van der Waals surface area contributed by atoms with E-state index in [-0.39, 0.29) is 6.04 Å². The lowest BCUT2D eigenvalue weighted by molar-refractivity contribution is 0.310. The first-order valence-electron chi connectivity index (χ1n) is 5.91. The summed E-state index contributed by atoms with van der Waals surface area (Å²) in [4.78, 5) is 0.348. The Bertz CT molecular complexity index is 545. The third kappa shape index (κ3) is 2.69. The molecule has 1 N–H and O–H groups in total. The Hall–Kier alpha value is -0.620. The molecule has 2 rings (SSSR count). The smallest absolute Gasteiger partial charge is 0.243 e. The van der Waals surface area contributed by atoms with Gasteiger partial charge in [-0.05, 0) is 37.6 Å². The van der Waals surface area contributed by atoms with Crippen LogP contribution in [0.25, 0.3) is 0 Å². The van der Waals surface area contributed by atoms with Crippen LogP contribution in [-0.2, 0) is 10.0 Å². The van der Waals surface area contributed by atoms with Crippen molar-refractivity contribution in [2.45, 2.75) is 24.8 Å². The van der Waals surface area contributed by atoms with E-state index < -0.39 is 10.0 Å². The molecule has 0 unspecified atom stereocenters. The van der Waals surface area contributed by atoms with Crippen LogP contribution in [0.15, 0.2) is 23.1 Å². The number of nitrogens with one attached hydrogen (secondary N) is 1. The van der Waals surface area contributed by atoms with Gasteiger partial charge in [0.2, 0.25) is 10.0 Å². The highest BCUT2D eigenvalue weighted by atomic mass is 35.5. The maximum atomic E-state index is 12.5. The van der Waals surface area contributed by atoms with Crippen LogP contribution in [0, 0.1) is 6.92 Å². The van der Waals surface area contributed by atoms with E-state index in [2.05, 4.69) is 5.32 Å². The van der Waals surface area contributed by atoms with Crippen molar-refractivity contribution in [3.8, 4) is 0 Å². The van der Waals surface area contributed by atoms with Crippen LogP contribution in [-0.4, -0.2) is 38.4 Å². The number of sulfonamides is 1. The zero-order valence-electron chi connectivity index (χ0n) is 10.5. The average molecular weight is 289 g/mol. The molecule has 0 amide bonds. The normalized spacial score (nSPS) is 22.1. The topological polar surface area (TPSA) is 49.4 Å². The third-order valence-corrected chi connectivity index (χ3v) is 5.35. The first kappa shape index (κ1) is 13.8. The van der Waals surface area contributed by atoms with Gasteiger partial charge >= 0.3 is 0 Å². The van der Waals surface area contributed by atoms with E-state index in [1.165, 1.54) is 4.31 Å². The highest BCUT2D eigenvalue weighted by Gasteiger charge is 2.29. The average Bonchev–Trinajstić information content (AvgIpc) is 2.28. The SMILES string of the molecule is Cc1cc(Cl)ccc1S(=O)(=O)N1CCN[C@H](C)C1. The molecular weight excluding hydrogens is 272 g/mol. The Morgan fingerprint density at radius 3 is 2.78 bits per heavy atom. The van der Waals surface area contributed by atoms with Crippen LogP contribution in [0.5, 0.6) is 0 Å². The van der Waals surface area contributed by atoms with Crippen molar-refractivity contribution in [3.63, 3.8) is 0 Å². The monoisotopic (exact) mass is 288 g/mol. The fraction of sp³-hybridized carbons (Fsp3) is 0.500. The molecule has 1 aliphatic rings. The van der Waals surface area contributed by atoms with Crippen molar-refractivity contribution in [3.05, 3.63) is 28.8 Å². The van der Waals surface area contributed by atoms with Crippen molar-refractivity contribution < 1.29 is 8.42 Å². The molecule has 1 aromatic rings. The number of hydrogen-bond donors (Lipinski definition) is 1. The summed E-state index contributed by atoms with van der Waals surface area (Å²) in [6.45, 7) is 5.45. The number of rotatable bonds is 2. The minimum atomic E-state index is -3.41. The molecule has 1 aliphatic heterocycles. The molecule has 1 saturated heterocycles. The molecule has 0 aliphatic carbocycles. The first-order chi connectivity index (χ1) is 8.41. The van der Waals surface area contributed by atoms with Gasteiger partial charge in [0.1, 0.15) is 0 Å². The predicted molar refractivity (Wildman–Crippen MR) is 72.4 cm³/mol. The van der Waals surface area contributed by atoms with Gasteiger partial charge in [-0.1, -0.05) is 11.6 Å². The van der Waals surface area contributed by atoms with Gasteiger partial charge in [0.25, 0.3) is 0 Å². The second kappa shape index (κ2) is 5.17. The van der Waals surface area contributed by atoms with Gasteiger partial charge in [-0.15, -0.1) is 0 Å². The van der Waals surface area contributed by atoms with Crippen LogP contribution in [0.4, 0.5) is 0 Å². The van der Waals surface area contributed by atoms with Crippen LogP contribution in [0.1, 0.15) is 12.5 Å². The molecular formula is C12H17ClN2O2S. The predicted octanol–water partition coefficient (Wildman–Crippen LogP) is 1.63. The fourth-order valence-electron chi connectivity index (χ4n) is 2.16. The molecule has 100 valence electrons. The van der Waals surface area contributed by atoms with Crippen LogP contribution in [0.2, 0.25) is 5.02 Å². The molecule has 1 atom stereocenters. The van der Waals surface area contributed by atoms with Gasteiger partial charge in [-0.2, -0.15) is 4.31 Å². The molecule has 18 heavy (non-hydrogen) atoms. The molecule has 6 heteroatoms. The number of piperazine rings is 1. The van der Waals surface area contributed by atoms with E-state index >= 15 is 0 Å². The summed E-state index contributed by atoms with van der Waals surface area (Å²) in [5.74, 6) is 0. The fourth-order valence-corrected chi connectivity index (χ4v) is 4.12. The summed E-state index contributed by atoms with van der Waals surface area (Å²) in [6, 6.07) is 5.06. The van der Waals surface area contributed by atoms with Gasteiger partial charge in [0, 0.05) is 30.7 Å². The standard InChI is InChI=1S/C12H17ClN2O2S/c1-9-7-11(13)3-4-12(9)18(16,17)15-6-5-14-10(2)8-15/h3-4,7,10,14H,5-6,8H2,1-2H3/t10-/m1/s1. The van der Waals surface area contributed by atoms with Crippen molar-refractivity contribution in [2.75, 3.05) is 19.6 Å². The second-order valence-corrected chi connectivity index (χ2v) is 6.97. The molecule has 0 spiro atoms. The molecule has 0 bridgehead atoms. The highest BCUT2D eigenvalue weighted by Crippen LogP contribution is 2.23. The third-order valence-electron chi connectivity index (χ3n) is 3.09. The summed E-state index contributed by atoms with van der Waals surface area (Å²) in [6.07, 6.45) is 0. The minimum Gasteiger partial charge on any atom is -0.312 e. The van der Waals surface area contributed by atoms with E-state index in [9.17, 15) is 8.42 Å². The molecule has 1 aromatic carbocycles. The summed E-state index contributed by atoms with van der Waals surface area (Å²) < 4.78 is 26.6. The van der Waals surface area contributed by atoms with E-state index in [1.807, 2.05) is 6.92 Å². The number of halogens is 1. The Labute approximate surface area is 113 Å². The molecule has 1 heterocycles. The number of hydrogen-bond acceptors (Lipinski definition) is 3. The largest absolute Gasteiger partial charge is 0.312 e. The van der Waals surface area contributed by atoms with Crippen molar-refractivity contribution >= 4 is 21.6 Å². The molecule has 0 saturated carbocycles. The Morgan fingerprint density at radius 1 is 1.44 bits per heavy atom. The van der Waals surface area contributed by atoms with Gasteiger partial charge < -0.3 is 5.32 Å². The Kier molecular flexibility index (Phi) is 3.96. The van der Waals surface area contributed by atoms with E-state index in [0.29, 0.717) is 35.1 Å². The van der Waals surface area contributed by atoms with Crippen molar-refractivity contribution in [1.82, 2.24) is 9.62 Å². The molecule has 1 fully saturated rings. The Balaban J connectivity index is 2.35. The zero-order valence-corrected chi connectivity index (χ0v) is 12.1. The second-order valence-electron chi connectivity index (χ2n) is 4.63. The zero-order chi connectivity index (χ0) is 13.3. The van der Waals surface area contributed by atoms with Crippen LogP contribution in [0.3, 0.4) is 0 Å².